The maximum atomic E-state index is 12.9. The number of carbonyl (C=O) groups is 1. The molecule has 2 aromatic rings. The van der Waals surface area contributed by atoms with Crippen molar-refractivity contribution >= 4 is 38.6 Å². The predicted molar refractivity (Wildman–Crippen MR) is 96.1 cm³/mol. The van der Waals surface area contributed by atoms with Gasteiger partial charge in [0, 0.05) is 0 Å². The highest BCUT2D eigenvalue weighted by atomic mass is 127. The van der Waals surface area contributed by atoms with Crippen LogP contribution in [0.15, 0.2) is 41.3 Å². The molecule has 0 spiro atoms. The van der Waals surface area contributed by atoms with Gasteiger partial charge in [0.2, 0.25) is 0 Å². The second kappa shape index (κ2) is 6.27. The number of nitrogens with zero attached hydrogens (tertiary/aromatic N) is 1. The second-order valence-corrected chi connectivity index (χ2v) is 9.02. The number of hydrogen-bond donors (Lipinski definition) is 0. The fraction of sp³-hybridized carbons (Fsp3) is 0.312. The topological polar surface area (TPSA) is 65.4 Å². The Morgan fingerprint density at radius 3 is 2.17 bits per heavy atom. The lowest BCUT2D eigenvalue weighted by molar-refractivity contribution is 0.00614. The van der Waals surface area contributed by atoms with Gasteiger partial charge in [-0.25, -0.2) is 17.2 Å². The van der Waals surface area contributed by atoms with Crippen molar-refractivity contribution in [1.82, 2.24) is 3.97 Å². The van der Waals surface area contributed by atoms with Crippen molar-refractivity contribution in [2.75, 3.05) is 0 Å². The van der Waals surface area contributed by atoms with Gasteiger partial charge in [0.1, 0.15) is 11.3 Å². The van der Waals surface area contributed by atoms with E-state index in [1.54, 1.807) is 39.0 Å². The van der Waals surface area contributed by atoms with Gasteiger partial charge in [-0.15, -0.1) is 0 Å². The van der Waals surface area contributed by atoms with Crippen molar-refractivity contribution in [2.45, 2.75) is 38.2 Å². The molecule has 0 amide bonds. The minimum absolute atomic E-state index is 0.00935. The zero-order valence-corrected chi connectivity index (χ0v) is 16.3. The average molecular weight is 447 g/mol. The van der Waals surface area contributed by atoms with Crippen molar-refractivity contribution in [3.8, 4) is 0 Å². The standard InChI is InChI=1S/C16H18INO4S/c1-11-5-7-12(8-6-11)23(20,21)18-13(9-10-14(18)17)15(19)22-16(2,3)4/h5-10H,1-4H3. The summed E-state index contributed by atoms with van der Waals surface area (Å²) in [5.41, 5.74) is 0.244. The Morgan fingerprint density at radius 2 is 1.65 bits per heavy atom. The van der Waals surface area contributed by atoms with Gasteiger partial charge in [-0.1, -0.05) is 17.7 Å². The van der Waals surface area contributed by atoms with E-state index in [2.05, 4.69) is 0 Å². The van der Waals surface area contributed by atoms with Crippen LogP contribution < -0.4 is 0 Å². The van der Waals surface area contributed by atoms with Crippen LogP contribution in [0.3, 0.4) is 0 Å². The Balaban J connectivity index is 2.53. The van der Waals surface area contributed by atoms with Crippen LogP contribution in [-0.4, -0.2) is 24.0 Å². The predicted octanol–water partition coefficient (Wildman–Crippen LogP) is 3.59. The van der Waals surface area contributed by atoms with Gasteiger partial charge in [-0.2, -0.15) is 0 Å². The van der Waals surface area contributed by atoms with Crippen LogP contribution in [0.5, 0.6) is 0 Å². The van der Waals surface area contributed by atoms with Gasteiger partial charge in [0.25, 0.3) is 10.0 Å². The largest absolute Gasteiger partial charge is 0.455 e. The summed E-state index contributed by atoms with van der Waals surface area (Å²) in [5.74, 6) is -0.670. The first-order valence-corrected chi connectivity index (χ1v) is 9.47. The molecule has 23 heavy (non-hydrogen) atoms. The maximum Gasteiger partial charge on any atom is 0.356 e. The number of aryl methyl sites for hydroxylation is 1. The Morgan fingerprint density at radius 1 is 1.09 bits per heavy atom. The van der Waals surface area contributed by atoms with E-state index in [0.29, 0.717) is 3.70 Å². The first kappa shape index (κ1) is 18.0. The average Bonchev–Trinajstić information content (AvgIpc) is 2.80. The third kappa shape index (κ3) is 3.95. The van der Waals surface area contributed by atoms with E-state index in [1.807, 2.05) is 29.5 Å². The Hall–Kier alpha value is -1.35. The molecule has 0 radical (unpaired) electrons. The van der Waals surface area contributed by atoms with Crippen LogP contribution in [0.25, 0.3) is 0 Å². The summed E-state index contributed by atoms with van der Waals surface area (Å²) in [4.78, 5) is 12.4. The van der Waals surface area contributed by atoms with E-state index in [-0.39, 0.29) is 10.6 Å². The lowest BCUT2D eigenvalue weighted by atomic mass is 10.2. The quantitative estimate of drug-likeness (QED) is 0.533. The van der Waals surface area contributed by atoms with Crippen LogP contribution in [-0.2, 0) is 14.8 Å². The number of hydrogen-bond acceptors (Lipinski definition) is 4. The van der Waals surface area contributed by atoms with Gasteiger partial charge in [0.15, 0.2) is 0 Å². The fourth-order valence-electron chi connectivity index (χ4n) is 1.94. The molecule has 124 valence electrons. The van der Waals surface area contributed by atoms with Crippen LogP contribution in [0, 0.1) is 10.6 Å². The zero-order chi connectivity index (χ0) is 17.4. The molecule has 2 rings (SSSR count). The van der Waals surface area contributed by atoms with Gasteiger partial charge in [-0.3, -0.25) is 0 Å². The summed E-state index contributed by atoms with van der Waals surface area (Å²) in [6.45, 7) is 7.08. The number of aromatic nitrogens is 1. The lowest BCUT2D eigenvalue weighted by Gasteiger charge is -2.20. The van der Waals surface area contributed by atoms with Crippen molar-refractivity contribution in [3.05, 3.63) is 51.4 Å². The molecule has 0 aliphatic carbocycles. The minimum Gasteiger partial charge on any atom is -0.455 e. The summed E-state index contributed by atoms with van der Waals surface area (Å²) in [5, 5.41) is 0. The number of rotatable bonds is 3. The summed E-state index contributed by atoms with van der Waals surface area (Å²) < 4.78 is 32.5. The summed E-state index contributed by atoms with van der Waals surface area (Å²) in [7, 11) is -3.87. The van der Waals surface area contributed by atoms with Crippen LogP contribution in [0.2, 0.25) is 0 Å². The van der Waals surface area contributed by atoms with Gasteiger partial charge in [-0.05, 0) is 74.6 Å². The molecule has 0 unspecified atom stereocenters. The molecule has 0 saturated carbocycles. The summed E-state index contributed by atoms with van der Waals surface area (Å²) in [6.07, 6.45) is 0. The van der Waals surface area contributed by atoms with E-state index in [4.69, 9.17) is 4.74 Å². The Bertz CT molecular complexity index is 830. The maximum absolute atomic E-state index is 12.9. The van der Waals surface area contributed by atoms with Crippen LogP contribution in [0.4, 0.5) is 0 Å². The molecular formula is C16H18INO4S. The van der Waals surface area contributed by atoms with E-state index >= 15 is 0 Å². The Labute approximate surface area is 149 Å². The second-order valence-electron chi connectivity index (χ2n) is 6.13. The molecule has 1 aromatic carbocycles. The molecule has 5 nitrogen and oxygen atoms in total. The monoisotopic (exact) mass is 447 g/mol. The summed E-state index contributed by atoms with van der Waals surface area (Å²) in [6, 6.07) is 9.53. The van der Waals surface area contributed by atoms with Gasteiger partial charge < -0.3 is 4.74 Å². The SMILES string of the molecule is Cc1ccc(S(=O)(=O)n2c(I)ccc2C(=O)OC(C)(C)C)cc1. The fourth-order valence-corrected chi connectivity index (χ4v) is 4.53. The van der Waals surface area contributed by atoms with Gasteiger partial charge in [0.05, 0.1) is 8.60 Å². The number of ether oxygens (including phenoxy) is 1. The molecule has 0 N–H and O–H groups in total. The molecule has 0 bridgehead atoms. The molecule has 1 aromatic heterocycles. The normalized spacial score (nSPS) is 12.2. The van der Waals surface area contributed by atoms with Crippen molar-refractivity contribution in [1.29, 1.82) is 0 Å². The van der Waals surface area contributed by atoms with Crippen LogP contribution in [0.1, 0.15) is 36.8 Å². The van der Waals surface area contributed by atoms with Crippen LogP contribution >= 0.6 is 22.6 Å². The first-order chi connectivity index (χ1) is 10.5. The first-order valence-electron chi connectivity index (χ1n) is 6.95. The molecular weight excluding hydrogens is 429 g/mol. The smallest absolute Gasteiger partial charge is 0.356 e. The number of benzene rings is 1. The summed E-state index contributed by atoms with van der Waals surface area (Å²) >= 11 is 1.89. The van der Waals surface area contributed by atoms with Crippen molar-refractivity contribution < 1.29 is 17.9 Å². The molecule has 0 saturated heterocycles. The molecule has 1 heterocycles. The van der Waals surface area contributed by atoms with Gasteiger partial charge >= 0.3 is 5.97 Å². The highest BCUT2D eigenvalue weighted by Gasteiger charge is 2.28. The third-order valence-corrected chi connectivity index (χ3v) is 5.87. The van der Waals surface area contributed by atoms with E-state index in [9.17, 15) is 13.2 Å². The molecule has 0 atom stereocenters. The molecule has 0 aliphatic rings. The van der Waals surface area contributed by atoms with E-state index in [0.717, 1.165) is 9.54 Å². The van der Waals surface area contributed by atoms with E-state index < -0.39 is 21.6 Å². The van der Waals surface area contributed by atoms with Crippen molar-refractivity contribution in [2.24, 2.45) is 0 Å². The number of carbonyl (C=O) groups excluding carboxylic acids is 1. The highest BCUT2D eigenvalue weighted by molar-refractivity contribution is 14.1. The number of halogens is 1. The third-order valence-electron chi connectivity index (χ3n) is 2.96. The zero-order valence-electron chi connectivity index (χ0n) is 13.3. The number of esters is 1. The lowest BCUT2D eigenvalue weighted by Crippen LogP contribution is -2.27. The molecule has 7 heteroatoms. The van der Waals surface area contributed by atoms with Crippen molar-refractivity contribution in [3.63, 3.8) is 0 Å². The highest BCUT2D eigenvalue weighted by Crippen LogP contribution is 2.23. The van der Waals surface area contributed by atoms with E-state index in [1.165, 1.54) is 18.2 Å². The molecule has 0 aliphatic heterocycles. The Kier molecular flexibility index (Phi) is 4.91. The minimum atomic E-state index is -3.87. The molecule has 0 fully saturated rings.